The summed E-state index contributed by atoms with van der Waals surface area (Å²) in [7, 11) is 0. The third kappa shape index (κ3) is 4.00. The van der Waals surface area contributed by atoms with Crippen LogP contribution in [0.5, 0.6) is 5.75 Å². The molecular formula is C20H21N5O3. The van der Waals surface area contributed by atoms with Crippen LogP contribution in [0, 0.1) is 6.92 Å². The minimum Gasteiger partial charge on any atom is -0.493 e. The number of rotatable bonds is 6. The molecule has 144 valence electrons. The molecule has 3 aromatic rings. The van der Waals surface area contributed by atoms with E-state index >= 15 is 0 Å². The summed E-state index contributed by atoms with van der Waals surface area (Å²) in [5, 5.41) is 8.18. The molecular weight excluding hydrogens is 358 g/mol. The fourth-order valence-corrected chi connectivity index (χ4v) is 3.23. The van der Waals surface area contributed by atoms with E-state index in [0.717, 1.165) is 17.7 Å². The first-order valence-electron chi connectivity index (χ1n) is 9.26. The second kappa shape index (κ2) is 8.16. The van der Waals surface area contributed by atoms with Crippen molar-refractivity contribution >= 4 is 5.91 Å². The summed E-state index contributed by atoms with van der Waals surface area (Å²) in [6.07, 6.45) is 5.89. The molecule has 2 aromatic heterocycles. The number of ether oxygens (including phenoxy) is 1. The number of carbonyl (C=O) groups excluding carboxylic acids is 1. The molecule has 1 aromatic carbocycles. The Hall–Kier alpha value is -3.29. The standard InChI is InChI=1S/C20H21N5O3/c1-14-4-2-3-5-17(14)27-11-7-18(26)25-10-6-15(13-25)19-23-24-20(28-19)16-12-21-8-9-22-16/h2-5,8-9,12,15H,6-7,10-11,13H2,1H3. The molecule has 28 heavy (non-hydrogen) atoms. The minimum atomic E-state index is 0.0409. The summed E-state index contributed by atoms with van der Waals surface area (Å²) in [5.74, 6) is 1.81. The lowest BCUT2D eigenvalue weighted by atomic mass is 10.1. The van der Waals surface area contributed by atoms with Crippen molar-refractivity contribution in [1.29, 1.82) is 0 Å². The first-order chi connectivity index (χ1) is 13.7. The van der Waals surface area contributed by atoms with Crippen LogP contribution in [-0.2, 0) is 4.79 Å². The van der Waals surface area contributed by atoms with Crippen LogP contribution in [0.1, 0.15) is 30.2 Å². The van der Waals surface area contributed by atoms with Crippen LogP contribution < -0.4 is 4.74 Å². The topological polar surface area (TPSA) is 94.2 Å². The normalized spacial score (nSPS) is 16.3. The lowest BCUT2D eigenvalue weighted by molar-refractivity contribution is -0.130. The Labute approximate surface area is 162 Å². The van der Waals surface area contributed by atoms with Gasteiger partial charge in [0.1, 0.15) is 11.4 Å². The van der Waals surface area contributed by atoms with Crippen LogP contribution in [0.3, 0.4) is 0 Å². The number of hydrogen-bond donors (Lipinski definition) is 0. The maximum atomic E-state index is 12.5. The van der Waals surface area contributed by atoms with E-state index in [4.69, 9.17) is 9.15 Å². The molecule has 1 aliphatic heterocycles. The predicted molar refractivity (Wildman–Crippen MR) is 101 cm³/mol. The number of hydrogen-bond acceptors (Lipinski definition) is 7. The van der Waals surface area contributed by atoms with E-state index in [9.17, 15) is 4.79 Å². The van der Waals surface area contributed by atoms with Crippen molar-refractivity contribution in [1.82, 2.24) is 25.1 Å². The summed E-state index contributed by atoms with van der Waals surface area (Å²) in [4.78, 5) is 22.5. The van der Waals surface area contributed by atoms with Crippen molar-refractivity contribution in [3.8, 4) is 17.3 Å². The molecule has 0 N–H and O–H groups in total. The molecule has 0 aliphatic carbocycles. The van der Waals surface area contributed by atoms with E-state index in [1.54, 1.807) is 18.6 Å². The molecule has 8 nitrogen and oxygen atoms in total. The van der Waals surface area contributed by atoms with E-state index in [0.29, 0.717) is 43.6 Å². The van der Waals surface area contributed by atoms with Crippen LogP contribution in [0.4, 0.5) is 0 Å². The average molecular weight is 379 g/mol. The Morgan fingerprint density at radius 1 is 1.29 bits per heavy atom. The molecule has 1 amide bonds. The largest absolute Gasteiger partial charge is 0.493 e. The summed E-state index contributed by atoms with van der Waals surface area (Å²) in [6.45, 7) is 3.60. The third-order valence-electron chi connectivity index (χ3n) is 4.78. The predicted octanol–water partition coefficient (Wildman–Crippen LogP) is 2.62. The highest BCUT2D eigenvalue weighted by atomic mass is 16.5. The van der Waals surface area contributed by atoms with Gasteiger partial charge in [-0.1, -0.05) is 18.2 Å². The molecule has 3 heterocycles. The van der Waals surface area contributed by atoms with Gasteiger partial charge in [0.15, 0.2) is 0 Å². The number of aryl methyl sites for hydroxylation is 1. The van der Waals surface area contributed by atoms with Gasteiger partial charge < -0.3 is 14.1 Å². The fourth-order valence-electron chi connectivity index (χ4n) is 3.23. The number of para-hydroxylation sites is 1. The zero-order valence-electron chi connectivity index (χ0n) is 15.6. The molecule has 0 spiro atoms. The van der Waals surface area contributed by atoms with Crippen molar-refractivity contribution in [2.45, 2.75) is 25.7 Å². The average Bonchev–Trinajstić information content (AvgIpc) is 3.40. The Morgan fingerprint density at radius 2 is 2.18 bits per heavy atom. The van der Waals surface area contributed by atoms with Gasteiger partial charge in [0.25, 0.3) is 5.89 Å². The SMILES string of the molecule is Cc1ccccc1OCCC(=O)N1CCC(c2nnc(-c3cnccn3)o2)C1. The lowest BCUT2D eigenvalue weighted by Crippen LogP contribution is -2.29. The highest BCUT2D eigenvalue weighted by molar-refractivity contribution is 5.76. The second-order valence-corrected chi connectivity index (χ2v) is 6.73. The zero-order valence-corrected chi connectivity index (χ0v) is 15.6. The molecule has 0 bridgehead atoms. The van der Waals surface area contributed by atoms with Crippen molar-refractivity contribution < 1.29 is 13.9 Å². The minimum absolute atomic E-state index is 0.0409. The van der Waals surface area contributed by atoms with E-state index in [-0.39, 0.29) is 11.8 Å². The Morgan fingerprint density at radius 3 is 3.00 bits per heavy atom. The van der Waals surface area contributed by atoms with Gasteiger partial charge in [-0.3, -0.25) is 9.78 Å². The Bertz CT molecular complexity index is 944. The smallest absolute Gasteiger partial charge is 0.267 e. The monoisotopic (exact) mass is 379 g/mol. The summed E-state index contributed by atoms with van der Waals surface area (Å²) >= 11 is 0. The molecule has 1 unspecified atom stereocenters. The van der Waals surface area contributed by atoms with Crippen molar-refractivity contribution in [3.63, 3.8) is 0 Å². The van der Waals surface area contributed by atoms with E-state index in [2.05, 4.69) is 20.2 Å². The van der Waals surface area contributed by atoms with Crippen molar-refractivity contribution in [3.05, 3.63) is 54.3 Å². The zero-order chi connectivity index (χ0) is 19.3. The molecule has 1 atom stereocenters. The lowest BCUT2D eigenvalue weighted by Gasteiger charge is -2.16. The quantitative estimate of drug-likeness (QED) is 0.650. The maximum Gasteiger partial charge on any atom is 0.267 e. The van der Waals surface area contributed by atoms with Gasteiger partial charge in [0, 0.05) is 25.5 Å². The molecule has 1 saturated heterocycles. The third-order valence-corrected chi connectivity index (χ3v) is 4.78. The van der Waals surface area contributed by atoms with Crippen molar-refractivity contribution in [2.24, 2.45) is 0 Å². The molecule has 1 fully saturated rings. The number of nitrogens with zero attached hydrogens (tertiary/aromatic N) is 5. The molecule has 8 heteroatoms. The highest BCUT2D eigenvalue weighted by Crippen LogP contribution is 2.28. The molecule has 1 aliphatic rings. The van der Waals surface area contributed by atoms with Gasteiger partial charge in [-0.2, -0.15) is 0 Å². The van der Waals surface area contributed by atoms with Crippen LogP contribution in [-0.4, -0.2) is 50.7 Å². The van der Waals surface area contributed by atoms with Gasteiger partial charge in [0.2, 0.25) is 11.8 Å². The first-order valence-corrected chi connectivity index (χ1v) is 9.26. The van der Waals surface area contributed by atoms with Gasteiger partial charge in [-0.25, -0.2) is 4.98 Å². The van der Waals surface area contributed by atoms with Gasteiger partial charge in [-0.05, 0) is 25.0 Å². The molecule has 0 saturated carbocycles. The van der Waals surface area contributed by atoms with E-state index < -0.39 is 0 Å². The Balaban J connectivity index is 1.30. The second-order valence-electron chi connectivity index (χ2n) is 6.73. The van der Waals surface area contributed by atoms with Gasteiger partial charge >= 0.3 is 0 Å². The number of amides is 1. The molecule has 0 radical (unpaired) electrons. The van der Waals surface area contributed by atoms with Crippen LogP contribution in [0.2, 0.25) is 0 Å². The summed E-state index contributed by atoms with van der Waals surface area (Å²) in [5.41, 5.74) is 1.60. The van der Waals surface area contributed by atoms with E-state index in [1.165, 1.54) is 0 Å². The van der Waals surface area contributed by atoms with Crippen LogP contribution in [0.25, 0.3) is 11.6 Å². The van der Waals surface area contributed by atoms with Gasteiger partial charge in [-0.15, -0.1) is 10.2 Å². The summed E-state index contributed by atoms with van der Waals surface area (Å²) in [6, 6.07) is 7.79. The highest BCUT2D eigenvalue weighted by Gasteiger charge is 2.31. The van der Waals surface area contributed by atoms with Crippen molar-refractivity contribution in [2.75, 3.05) is 19.7 Å². The molecule has 4 rings (SSSR count). The number of aromatic nitrogens is 4. The van der Waals surface area contributed by atoms with Gasteiger partial charge in [0.05, 0.1) is 25.1 Å². The van der Waals surface area contributed by atoms with E-state index in [1.807, 2.05) is 36.1 Å². The number of likely N-dealkylation sites (tertiary alicyclic amines) is 1. The maximum absolute atomic E-state index is 12.5. The van der Waals surface area contributed by atoms with Crippen LogP contribution >= 0.6 is 0 Å². The Kier molecular flexibility index (Phi) is 5.27. The summed E-state index contributed by atoms with van der Waals surface area (Å²) < 4.78 is 11.5. The number of benzene rings is 1. The van der Waals surface area contributed by atoms with Crippen LogP contribution in [0.15, 0.2) is 47.3 Å². The number of carbonyl (C=O) groups is 1. The first kappa shape index (κ1) is 18.1. The fraction of sp³-hybridized carbons (Fsp3) is 0.350.